The number of nitrogens with zero attached hydrogens (tertiary/aromatic N) is 3. The summed E-state index contributed by atoms with van der Waals surface area (Å²) in [6.45, 7) is 0.977. The van der Waals surface area contributed by atoms with E-state index in [0.29, 0.717) is 17.4 Å². The van der Waals surface area contributed by atoms with Crippen LogP contribution in [0, 0.1) is 0 Å². The van der Waals surface area contributed by atoms with Crippen LogP contribution in [-0.4, -0.2) is 41.0 Å². The molecule has 0 saturated heterocycles. The third-order valence-electron chi connectivity index (χ3n) is 4.45. The highest BCUT2D eigenvalue weighted by Gasteiger charge is 2.15. The minimum Gasteiger partial charge on any atom is -0.348 e. The molecule has 28 heavy (non-hydrogen) atoms. The number of likely N-dealkylation sites (N-methyl/N-ethyl adjacent to an activating group) is 1. The number of fused-ring (bicyclic) bond motifs is 1. The van der Waals surface area contributed by atoms with Gasteiger partial charge in [-0.3, -0.25) is 14.2 Å². The molecule has 3 rings (SSSR count). The number of aryl methyl sites for hydroxylation is 1. The number of hydrogen-bond acceptors (Lipinski definition) is 4. The van der Waals surface area contributed by atoms with Crippen molar-refractivity contribution in [1.82, 2.24) is 19.8 Å². The second-order valence-corrected chi connectivity index (χ2v) is 7.86. The SMILES string of the molecule is CN(C)C[C@H](NC(=O)CCn1cnc2ccc(Br)cc2c1=O)c1ccccc1. The standard InChI is InChI=1S/C21H23BrN4O2/c1-25(2)13-19(15-6-4-3-5-7-15)24-20(27)10-11-26-14-23-18-9-8-16(22)12-17(18)21(26)28/h3-9,12,14,19H,10-11,13H2,1-2H3,(H,24,27)/t19-/m0/s1. The number of benzene rings is 2. The lowest BCUT2D eigenvalue weighted by atomic mass is 10.1. The zero-order chi connectivity index (χ0) is 20.1. The minimum absolute atomic E-state index is 0.100. The summed E-state index contributed by atoms with van der Waals surface area (Å²) in [4.78, 5) is 31.5. The highest BCUT2D eigenvalue weighted by Crippen LogP contribution is 2.15. The van der Waals surface area contributed by atoms with E-state index in [1.165, 1.54) is 10.9 Å². The van der Waals surface area contributed by atoms with Crippen LogP contribution in [0.2, 0.25) is 0 Å². The lowest BCUT2D eigenvalue weighted by Gasteiger charge is -2.23. The molecule has 0 radical (unpaired) electrons. The van der Waals surface area contributed by atoms with Crippen molar-refractivity contribution in [3.05, 3.63) is 75.2 Å². The largest absolute Gasteiger partial charge is 0.348 e. The summed E-state index contributed by atoms with van der Waals surface area (Å²) in [6, 6.07) is 15.2. The number of halogens is 1. The van der Waals surface area contributed by atoms with Gasteiger partial charge in [-0.1, -0.05) is 46.3 Å². The van der Waals surface area contributed by atoms with E-state index in [4.69, 9.17) is 0 Å². The molecule has 0 saturated carbocycles. The van der Waals surface area contributed by atoms with Gasteiger partial charge in [-0.2, -0.15) is 0 Å². The summed E-state index contributed by atoms with van der Waals surface area (Å²) >= 11 is 3.38. The fraction of sp³-hybridized carbons (Fsp3) is 0.286. The van der Waals surface area contributed by atoms with Crippen LogP contribution >= 0.6 is 15.9 Å². The Balaban J connectivity index is 1.70. The average Bonchev–Trinajstić information content (AvgIpc) is 2.68. The molecule has 0 aliphatic rings. The smallest absolute Gasteiger partial charge is 0.261 e. The molecule has 1 amide bonds. The molecular formula is C21H23BrN4O2. The molecule has 1 atom stereocenters. The minimum atomic E-state index is -0.146. The van der Waals surface area contributed by atoms with Crippen LogP contribution in [0.4, 0.5) is 0 Å². The number of hydrogen-bond donors (Lipinski definition) is 1. The number of carbonyl (C=O) groups is 1. The van der Waals surface area contributed by atoms with Gasteiger partial charge in [-0.15, -0.1) is 0 Å². The first kappa shape index (κ1) is 20.2. The van der Waals surface area contributed by atoms with Crippen LogP contribution in [0.3, 0.4) is 0 Å². The van der Waals surface area contributed by atoms with E-state index in [0.717, 1.165) is 10.0 Å². The summed E-state index contributed by atoms with van der Waals surface area (Å²) in [5.74, 6) is -0.100. The van der Waals surface area contributed by atoms with E-state index in [9.17, 15) is 9.59 Å². The monoisotopic (exact) mass is 442 g/mol. The van der Waals surface area contributed by atoms with Gasteiger partial charge >= 0.3 is 0 Å². The van der Waals surface area contributed by atoms with Crippen molar-refractivity contribution in [2.24, 2.45) is 0 Å². The summed E-state index contributed by atoms with van der Waals surface area (Å²) in [5.41, 5.74) is 1.55. The van der Waals surface area contributed by atoms with E-state index >= 15 is 0 Å². The lowest BCUT2D eigenvalue weighted by Crippen LogP contribution is -2.36. The van der Waals surface area contributed by atoms with Crippen LogP contribution in [0.1, 0.15) is 18.0 Å². The quantitative estimate of drug-likeness (QED) is 0.610. The molecule has 0 aliphatic carbocycles. The summed E-state index contributed by atoms with van der Waals surface area (Å²) in [6.07, 6.45) is 1.71. The number of nitrogens with one attached hydrogen (secondary N) is 1. The Labute approximate surface area is 172 Å². The Hall–Kier alpha value is -2.51. The number of carbonyl (C=O) groups excluding carboxylic acids is 1. The highest BCUT2D eigenvalue weighted by molar-refractivity contribution is 9.10. The predicted octanol–water partition coefficient (Wildman–Crippen LogP) is 2.97. The predicted molar refractivity (Wildman–Crippen MR) is 114 cm³/mol. The lowest BCUT2D eigenvalue weighted by molar-refractivity contribution is -0.122. The van der Waals surface area contributed by atoms with E-state index in [1.54, 1.807) is 12.1 Å². The molecule has 0 fully saturated rings. The molecule has 146 valence electrons. The van der Waals surface area contributed by atoms with Crippen molar-refractivity contribution in [2.75, 3.05) is 20.6 Å². The summed E-state index contributed by atoms with van der Waals surface area (Å²) in [7, 11) is 3.95. The molecular weight excluding hydrogens is 420 g/mol. The van der Waals surface area contributed by atoms with Crippen molar-refractivity contribution in [3.8, 4) is 0 Å². The van der Waals surface area contributed by atoms with Crippen molar-refractivity contribution < 1.29 is 4.79 Å². The van der Waals surface area contributed by atoms with E-state index in [-0.39, 0.29) is 30.5 Å². The van der Waals surface area contributed by atoms with Crippen LogP contribution in [-0.2, 0) is 11.3 Å². The topological polar surface area (TPSA) is 67.2 Å². The van der Waals surface area contributed by atoms with Crippen molar-refractivity contribution >= 4 is 32.7 Å². The van der Waals surface area contributed by atoms with E-state index in [2.05, 4.69) is 26.2 Å². The maximum Gasteiger partial charge on any atom is 0.261 e. The molecule has 1 N–H and O–H groups in total. The molecule has 0 bridgehead atoms. The maximum atomic E-state index is 12.6. The second-order valence-electron chi connectivity index (χ2n) is 6.95. The fourth-order valence-electron chi connectivity index (χ4n) is 3.06. The van der Waals surface area contributed by atoms with Crippen LogP contribution < -0.4 is 10.9 Å². The van der Waals surface area contributed by atoms with Crippen LogP contribution in [0.5, 0.6) is 0 Å². The van der Waals surface area contributed by atoms with Gasteiger partial charge in [0, 0.05) is 24.0 Å². The van der Waals surface area contributed by atoms with Gasteiger partial charge in [0.15, 0.2) is 0 Å². The Kier molecular flexibility index (Phi) is 6.59. The molecule has 3 aromatic rings. The van der Waals surface area contributed by atoms with Gasteiger partial charge in [0.05, 0.1) is 23.3 Å². The van der Waals surface area contributed by atoms with Crippen molar-refractivity contribution in [3.63, 3.8) is 0 Å². The van der Waals surface area contributed by atoms with Crippen LogP contribution in [0.25, 0.3) is 10.9 Å². The van der Waals surface area contributed by atoms with Gasteiger partial charge in [-0.05, 0) is 37.9 Å². The molecule has 1 aromatic heterocycles. The number of rotatable bonds is 7. The molecule has 2 aromatic carbocycles. The normalized spacial score (nSPS) is 12.3. The fourth-order valence-corrected chi connectivity index (χ4v) is 3.42. The van der Waals surface area contributed by atoms with E-state index in [1.807, 2.05) is 55.4 Å². The molecule has 7 heteroatoms. The number of amides is 1. The van der Waals surface area contributed by atoms with Gasteiger partial charge in [0.2, 0.25) is 5.91 Å². The molecule has 1 heterocycles. The van der Waals surface area contributed by atoms with Gasteiger partial charge < -0.3 is 10.2 Å². The number of aromatic nitrogens is 2. The first-order chi connectivity index (χ1) is 13.4. The van der Waals surface area contributed by atoms with Gasteiger partial charge in [0.1, 0.15) is 0 Å². The third-order valence-corrected chi connectivity index (χ3v) is 4.94. The Morgan fingerprint density at radius 1 is 1.21 bits per heavy atom. The summed E-state index contributed by atoms with van der Waals surface area (Å²) < 4.78 is 2.31. The molecule has 0 aliphatic heterocycles. The maximum absolute atomic E-state index is 12.6. The Morgan fingerprint density at radius 2 is 1.96 bits per heavy atom. The first-order valence-corrected chi connectivity index (χ1v) is 9.87. The van der Waals surface area contributed by atoms with E-state index < -0.39 is 0 Å². The highest BCUT2D eigenvalue weighted by atomic mass is 79.9. The average molecular weight is 443 g/mol. The molecule has 0 unspecified atom stereocenters. The van der Waals surface area contributed by atoms with Gasteiger partial charge in [-0.25, -0.2) is 4.98 Å². The van der Waals surface area contributed by atoms with Crippen molar-refractivity contribution in [2.45, 2.75) is 19.0 Å². The van der Waals surface area contributed by atoms with Gasteiger partial charge in [0.25, 0.3) is 5.56 Å². The van der Waals surface area contributed by atoms with Crippen LogP contribution in [0.15, 0.2) is 64.1 Å². The zero-order valence-corrected chi connectivity index (χ0v) is 17.5. The third kappa shape index (κ3) is 5.05. The Morgan fingerprint density at radius 3 is 2.68 bits per heavy atom. The summed E-state index contributed by atoms with van der Waals surface area (Å²) in [5, 5.41) is 3.61. The second kappa shape index (κ2) is 9.12. The molecule has 0 spiro atoms. The first-order valence-electron chi connectivity index (χ1n) is 9.08. The Bertz CT molecular complexity index is 1020. The zero-order valence-electron chi connectivity index (χ0n) is 15.9. The molecule has 6 nitrogen and oxygen atoms in total. The van der Waals surface area contributed by atoms with Crippen molar-refractivity contribution in [1.29, 1.82) is 0 Å².